The van der Waals surface area contributed by atoms with Gasteiger partial charge in [-0.25, -0.2) is 9.07 Å². The van der Waals surface area contributed by atoms with Crippen LogP contribution in [0.3, 0.4) is 0 Å². The maximum atomic E-state index is 13.4. The number of aliphatic hydroxyl groups excluding tert-OH is 1. The Morgan fingerprint density at radius 2 is 2.28 bits per heavy atom. The van der Waals surface area contributed by atoms with Gasteiger partial charge in [-0.15, -0.1) is 5.10 Å². The number of carbonyl (C=O) groups is 1. The molecule has 2 N–H and O–H groups in total. The van der Waals surface area contributed by atoms with Crippen LogP contribution in [0.2, 0.25) is 5.02 Å². The number of rotatable bonds is 6. The Labute approximate surface area is 172 Å². The van der Waals surface area contributed by atoms with Crippen molar-refractivity contribution in [1.82, 2.24) is 20.3 Å². The van der Waals surface area contributed by atoms with Crippen LogP contribution >= 0.6 is 11.6 Å². The highest BCUT2D eigenvalue weighted by molar-refractivity contribution is 6.30. The zero-order chi connectivity index (χ0) is 20.2. The lowest BCUT2D eigenvalue weighted by molar-refractivity contribution is -0.129. The summed E-state index contributed by atoms with van der Waals surface area (Å²) in [7, 11) is 0. The summed E-state index contributed by atoms with van der Waals surface area (Å²) in [5.74, 6) is -0.173. The van der Waals surface area contributed by atoms with Crippen molar-refractivity contribution in [3.63, 3.8) is 0 Å². The molecular weight excluding hydrogens is 399 g/mol. The summed E-state index contributed by atoms with van der Waals surface area (Å²) < 4.78 is 20.7. The van der Waals surface area contributed by atoms with E-state index in [0.717, 1.165) is 37.8 Å². The molecule has 0 spiro atoms. The number of aliphatic hydroxyl groups is 1. The average molecular weight is 421 g/mol. The van der Waals surface area contributed by atoms with Crippen molar-refractivity contribution in [2.45, 2.75) is 55.7 Å². The van der Waals surface area contributed by atoms with Crippen LogP contribution in [0.1, 0.15) is 43.8 Å². The number of nitrogens with one attached hydrogen (secondary N) is 1. The number of hydrogen-bond donors (Lipinski definition) is 2. The fourth-order valence-electron chi connectivity index (χ4n) is 4.87. The SMILES string of the molecule is O=C(COc1ccc(Cl)c(F)c1)NC1CC2(c3cn(C4CC(O)C4)nn3)CCC12. The molecule has 29 heavy (non-hydrogen) atoms. The maximum Gasteiger partial charge on any atom is 0.258 e. The van der Waals surface area contributed by atoms with Crippen LogP contribution in [0.25, 0.3) is 0 Å². The second-order valence-electron chi connectivity index (χ2n) is 8.41. The second kappa shape index (κ2) is 6.95. The van der Waals surface area contributed by atoms with Gasteiger partial charge in [0, 0.05) is 23.7 Å². The van der Waals surface area contributed by atoms with E-state index in [0.29, 0.717) is 5.92 Å². The van der Waals surface area contributed by atoms with E-state index in [2.05, 4.69) is 15.6 Å². The van der Waals surface area contributed by atoms with Crippen LogP contribution in [0, 0.1) is 11.7 Å². The summed E-state index contributed by atoms with van der Waals surface area (Å²) in [6.07, 6.45) is 6.19. The molecule has 3 saturated carbocycles. The first-order chi connectivity index (χ1) is 13.9. The van der Waals surface area contributed by atoms with Gasteiger partial charge in [-0.05, 0) is 50.2 Å². The van der Waals surface area contributed by atoms with Gasteiger partial charge in [-0.3, -0.25) is 4.79 Å². The molecule has 154 valence electrons. The summed E-state index contributed by atoms with van der Waals surface area (Å²) >= 11 is 5.64. The molecule has 3 atom stereocenters. The Bertz CT molecular complexity index is 948. The minimum Gasteiger partial charge on any atom is -0.484 e. The standard InChI is InChI=1S/C20H22ClFN4O3/c21-15-2-1-13(7-16(15)22)29-10-19(28)23-17-8-20(4-3-14(17)20)18-9-26(25-24-18)11-5-12(27)6-11/h1-2,7,9,11-12,14,17,27H,3-6,8,10H2,(H,23,28). The molecule has 3 unspecified atom stereocenters. The third-order valence-corrected chi connectivity index (χ3v) is 7.08. The fourth-order valence-corrected chi connectivity index (χ4v) is 4.99. The minimum atomic E-state index is -0.577. The lowest BCUT2D eigenvalue weighted by atomic mass is 9.44. The van der Waals surface area contributed by atoms with E-state index >= 15 is 0 Å². The number of benzene rings is 1. The molecule has 3 aliphatic rings. The van der Waals surface area contributed by atoms with Crippen molar-refractivity contribution in [2.75, 3.05) is 6.61 Å². The molecule has 0 aliphatic heterocycles. The lowest BCUT2D eigenvalue weighted by Crippen LogP contribution is -2.67. The van der Waals surface area contributed by atoms with Crippen LogP contribution in [0.4, 0.5) is 4.39 Å². The van der Waals surface area contributed by atoms with Crippen molar-refractivity contribution in [2.24, 2.45) is 5.92 Å². The number of halogens is 2. The van der Waals surface area contributed by atoms with Gasteiger partial charge >= 0.3 is 0 Å². The molecule has 5 rings (SSSR count). The number of amides is 1. The van der Waals surface area contributed by atoms with E-state index in [1.165, 1.54) is 18.2 Å². The third-order valence-electron chi connectivity index (χ3n) is 6.77. The molecule has 7 nitrogen and oxygen atoms in total. The number of ether oxygens (including phenoxy) is 1. The zero-order valence-corrected chi connectivity index (χ0v) is 16.5. The first kappa shape index (κ1) is 18.8. The first-order valence-electron chi connectivity index (χ1n) is 9.92. The van der Waals surface area contributed by atoms with Crippen molar-refractivity contribution in [3.8, 4) is 5.75 Å². The van der Waals surface area contributed by atoms with E-state index < -0.39 is 5.82 Å². The number of aromatic nitrogens is 3. The van der Waals surface area contributed by atoms with Gasteiger partial charge in [0.05, 0.1) is 22.9 Å². The van der Waals surface area contributed by atoms with Crippen LogP contribution in [-0.2, 0) is 10.2 Å². The molecule has 2 aromatic rings. The summed E-state index contributed by atoms with van der Waals surface area (Å²) in [5, 5.41) is 21.2. The second-order valence-corrected chi connectivity index (χ2v) is 8.81. The van der Waals surface area contributed by atoms with Crippen LogP contribution in [-0.4, -0.2) is 44.8 Å². The Morgan fingerprint density at radius 1 is 1.45 bits per heavy atom. The minimum absolute atomic E-state index is 0.0126. The third kappa shape index (κ3) is 3.18. The van der Waals surface area contributed by atoms with E-state index in [4.69, 9.17) is 16.3 Å². The van der Waals surface area contributed by atoms with Gasteiger partial charge in [0.2, 0.25) is 0 Å². The molecule has 0 radical (unpaired) electrons. The summed E-state index contributed by atoms with van der Waals surface area (Å²) in [4.78, 5) is 12.2. The van der Waals surface area contributed by atoms with Crippen molar-refractivity contribution in [3.05, 3.63) is 40.9 Å². The van der Waals surface area contributed by atoms with Gasteiger partial charge in [-0.1, -0.05) is 16.8 Å². The summed E-state index contributed by atoms with van der Waals surface area (Å²) in [6.45, 7) is -0.169. The monoisotopic (exact) mass is 420 g/mol. The Morgan fingerprint density at radius 3 is 2.93 bits per heavy atom. The highest BCUT2D eigenvalue weighted by Gasteiger charge is 2.62. The molecular formula is C20H22ClFN4O3. The normalized spacial score (nSPS) is 32.4. The molecule has 1 heterocycles. The summed E-state index contributed by atoms with van der Waals surface area (Å²) in [6, 6.07) is 4.43. The lowest BCUT2D eigenvalue weighted by Gasteiger charge is -2.62. The van der Waals surface area contributed by atoms with Crippen molar-refractivity contribution < 1.29 is 19.0 Å². The number of nitrogens with zero attached hydrogens (tertiary/aromatic N) is 3. The van der Waals surface area contributed by atoms with Crippen LogP contribution < -0.4 is 10.1 Å². The quantitative estimate of drug-likeness (QED) is 0.749. The van der Waals surface area contributed by atoms with E-state index in [-0.39, 0.29) is 46.9 Å². The van der Waals surface area contributed by atoms with Gasteiger partial charge in [0.1, 0.15) is 11.6 Å². The topological polar surface area (TPSA) is 89.3 Å². The smallest absolute Gasteiger partial charge is 0.258 e. The van der Waals surface area contributed by atoms with Crippen LogP contribution in [0.15, 0.2) is 24.4 Å². The van der Waals surface area contributed by atoms with Crippen molar-refractivity contribution in [1.29, 1.82) is 0 Å². The van der Waals surface area contributed by atoms with Gasteiger partial charge < -0.3 is 15.2 Å². The molecule has 1 aromatic heterocycles. The van der Waals surface area contributed by atoms with E-state index in [1.807, 2.05) is 10.9 Å². The average Bonchev–Trinajstić information content (AvgIpc) is 3.13. The molecule has 3 fully saturated rings. The van der Waals surface area contributed by atoms with Crippen LogP contribution in [0.5, 0.6) is 5.75 Å². The molecule has 1 aromatic carbocycles. The van der Waals surface area contributed by atoms with E-state index in [1.54, 1.807) is 0 Å². The first-order valence-corrected chi connectivity index (χ1v) is 10.3. The van der Waals surface area contributed by atoms with Gasteiger partial charge in [0.15, 0.2) is 6.61 Å². The molecule has 3 aliphatic carbocycles. The molecule has 9 heteroatoms. The predicted molar refractivity (Wildman–Crippen MR) is 102 cm³/mol. The Kier molecular flexibility index (Phi) is 4.51. The highest BCUT2D eigenvalue weighted by Crippen LogP contribution is 2.61. The van der Waals surface area contributed by atoms with Crippen molar-refractivity contribution >= 4 is 17.5 Å². The number of hydrogen-bond acceptors (Lipinski definition) is 5. The highest BCUT2D eigenvalue weighted by atomic mass is 35.5. The Balaban J connectivity index is 1.14. The zero-order valence-electron chi connectivity index (χ0n) is 15.7. The molecule has 0 bridgehead atoms. The summed E-state index contributed by atoms with van der Waals surface area (Å²) in [5.41, 5.74) is 1.01. The van der Waals surface area contributed by atoms with E-state index in [9.17, 15) is 14.3 Å². The molecule has 1 amide bonds. The predicted octanol–water partition coefficient (Wildman–Crippen LogP) is 2.38. The Hall–Kier alpha value is -2.19. The molecule has 0 saturated heterocycles. The van der Waals surface area contributed by atoms with Gasteiger partial charge in [-0.2, -0.15) is 0 Å². The fraction of sp³-hybridized carbons (Fsp3) is 0.550. The largest absolute Gasteiger partial charge is 0.484 e. The maximum absolute atomic E-state index is 13.4. The number of carbonyl (C=O) groups excluding carboxylic acids is 1. The van der Waals surface area contributed by atoms with Gasteiger partial charge in [0.25, 0.3) is 5.91 Å². The number of fused-ring (bicyclic) bond motifs is 1.